The number of anilines is 1. The number of nitrogens with one attached hydrogen (secondary N) is 1. The monoisotopic (exact) mass is 410 g/mol. The number of amides is 1. The number of carbonyl (C=O) groups is 1. The number of nitrogens with zero attached hydrogens (tertiary/aromatic N) is 3. The molecule has 0 unspecified atom stereocenters. The van der Waals surface area contributed by atoms with E-state index in [0.29, 0.717) is 17.3 Å². The topological polar surface area (TPSA) is 80.0 Å². The lowest BCUT2D eigenvalue weighted by molar-refractivity contribution is 0.0793. The van der Waals surface area contributed by atoms with Gasteiger partial charge >= 0.3 is 0 Å². The molecule has 1 aliphatic carbocycles. The maximum absolute atomic E-state index is 14.0. The molecule has 7 heteroatoms. The zero-order chi connectivity index (χ0) is 21.5. The van der Waals surface area contributed by atoms with E-state index in [9.17, 15) is 14.3 Å². The standard InChI is InChI=1S/C23H27FN4O2/c1-14-6-8-16(9-7-14)28-13-15-11-20(17(23(2,3)30)12-19(15)27-28)26-22(29)21-18(24)5-4-10-25-21/h4-5,10-14,16,30H,6-9H2,1-3H3,(H,26,29). The van der Waals surface area contributed by atoms with Gasteiger partial charge in [0, 0.05) is 29.0 Å². The van der Waals surface area contributed by atoms with Gasteiger partial charge in [0.05, 0.1) is 17.2 Å². The Balaban J connectivity index is 1.71. The van der Waals surface area contributed by atoms with E-state index in [2.05, 4.69) is 17.2 Å². The largest absolute Gasteiger partial charge is 0.386 e. The van der Waals surface area contributed by atoms with Crippen molar-refractivity contribution in [3.8, 4) is 0 Å². The Hall–Kier alpha value is -2.80. The van der Waals surface area contributed by atoms with E-state index in [1.165, 1.54) is 31.2 Å². The molecule has 0 atom stereocenters. The van der Waals surface area contributed by atoms with E-state index in [-0.39, 0.29) is 5.69 Å². The average molecular weight is 410 g/mol. The normalized spacial score (nSPS) is 19.8. The number of carbonyl (C=O) groups excluding carboxylic acids is 1. The van der Waals surface area contributed by atoms with Crippen molar-refractivity contribution < 1.29 is 14.3 Å². The van der Waals surface area contributed by atoms with Crippen molar-refractivity contribution in [3.63, 3.8) is 0 Å². The van der Waals surface area contributed by atoms with Gasteiger partial charge in [-0.1, -0.05) is 6.92 Å². The summed E-state index contributed by atoms with van der Waals surface area (Å²) < 4.78 is 16.0. The van der Waals surface area contributed by atoms with Crippen LogP contribution < -0.4 is 5.32 Å². The third-order valence-corrected chi connectivity index (χ3v) is 5.90. The van der Waals surface area contributed by atoms with Gasteiger partial charge in [0.25, 0.3) is 5.91 Å². The van der Waals surface area contributed by atoms with Gasteiger partial charge in [-0.25, -0.2) is 9.37 Å². The van der Waals surface area contributed by atoms with Crippen molar-refractivity contribution in [2.24, 2.45) is 5.92 Å². The molecular formula is C23H27FN4O2. The summed E-state index contributed by atoms with van der Waals surface area (Å²) >= 11 is 0. The zero-order valence-electron chi connectivity index (χ0n) is 17.5. The van der Waals surface area contributed by atoms with Crippen molar-refractivity contribution in [2.45, 2.75) is 58.1 Å². The van der Waals surface area contributed by atoms with Gasteiger partial charge in [0.2, 0.25) is 0 Å². The Labute approximate surface area is 175 Å². The summed E-state index contributed by atoms with van der Waals surface area (Å²) in [6, 6.07) is 6.57. The first kappa shape index (κ1) is 20.5. The first-order valence-electron chi connectivity index (χ1n) is 10.4. The number of fused-ring (bicyclic) bond motifs is 1. The molecule has 1 amide bonds. The van der Waals surface area contributed by atoms with Crippen molar-refractivity contribution in [3.05, 3.63) is 53.7 Å². The fraction of sp³-hybridized carbons (Fsp3) is 0.435. The Morgan fingerprint density at radius 3 is 2.67 bits per heavy atom. The Morgan fingerprint density at radius 2 is 2.00 bits per heavy atom. The number of pyridine rings is 1. The summed E-state index contributed by atoms with van der Waals surface area (Å²) in [5.41, 5.74) is 0.187. The van der Waals surface area contributed by atoms with Gasteiger partial charge < -0.3 is 10.4 Å². The molecular weight excluding hydrogens is 383 g/mol. The zero-order valence-corrected chi connectivity index (χ0v) is 17.5. The van der Waals surface area contributed by atoms with Gasteiger partial charge in [-0.15, -0.1) is 0 Å². The number of hydrogen-bond acceptors (Lipinski definition) is 4. The molecule has 0 spiro atoms. The first-order valence-corrected chi connectivity index (χ1v) is 10.4. The van der Waals surface area contributed by atoms with E-state index in [0.717, 1.165) is 29.7 Å². The highest BCUT2D eigenvalue weighted by Crippen LogP contribution is 2.35. The Morgan fingerprint density at radius 1 is 1.27 bits per heavy atom. The molecule has 1 aliphatic rings. The fourth-order valence-electron chi connectivity index (χ4n) is 4.13. The van der Waals surface area contributed by atoms with Crippen LogP contribution in [0.25, 0.3) is 10.9 Å². The Kier molecular flexibility index (Phi) is 5.32. The second-order valence-electron chi connectivity index (χ2n) is 8.83. The minimum atomic E-state index is -1.22. The van der Waals surface area contributed by atoms with E-state index < -0.39 is 17.3 Å². The summed E-state index contributed by atoms with van der Waals surface area (Å²) in [6.45, 7) is 5.57. The SMILES string of the molecule is CC1CCC(n2cc3cc(NC(=O)c4ncccc4F)c(C(C)(C)O)cc3n2)CC1. The molecule has 1 saturated carbocycles. The first-order chi connectivity index (χ1) is 14.2. The lowest BCUT2D eigenvalue weighted by Crippen LogP contribution is -2.22. The molecule has 0 bridgehead atoms. The van der Waals surface area contributed by atoms with Gasteiger partial charge in [-0.05, 0) is 69.7 Å². The smallest absolute Gasteiger partial charge is 0.277 e. The van der Waals surface area contributed by atoms with E-state index in [1.807, 2.05) is 10.9 Å². The molecule has 30 heavy (non-hydrogen) atoms. The third kappa shape index (κ3) is 4.07. The minimum Gasteiger partial charge on any atom is -0.386 e. The Bertz CT molecular complexity index is 1080. The predicted octanol–water partition coefficient (Wildman–Crippen LogP) is 4.80. The van der Waals surface area contributed by atoms with Crippen molar-refractivity contribution in [2.75, 3.05) is 5.32 Å². The van der Waals surface area contributed by atoms with Crippen LogP contribution in [0.5, 0.6) is 0 Å². The molecule has 0 aliphatic heterocycles. The highest BCUT2D eigenvalue weighted by atomic mass is 19.1. The van der Waals surface area contributed by atoms with Gasteiger partial charge in [-0.3, -0.25) is 9.48 Å². The highest BCUT2D eigenvalue weighted by molar-refractivity contribution is 6.04. The predicted molar refractivity (Wildman–Crippen MR) is 114 cm³/mol. The van der Waals surface area contributed by atoms with Crippen LogP contribution in [0.4, 0.5) is 10.1 Å². The summed E-state index contributed by atoms with van der Waals surface area (Å²) in [5.74, 6) is -0.603. The van der Waals surface area contributed by atoms with Crippen LogP contribution in [0.2, 0.25) is 0 Å². The van der Waals surface area contributed by atoms with Crippen LogP contribution in [-0.2, 0) is 5.60 Å². The van der Waals surface area contributed by atoms with Crippen LogP contribution in [0.1, 0.15) is 68.5 Å². The lowest BCUT2D eigenvalue weighted by atomic mass is 9.87. The molecule has 2 N–H and O–H groups in total. The summed E-state index contributed by atoms with van der Waals surface area (Å²) in [6.07, 6.45) is 7.92. The van der Waals surface area contributed by atoms with E-state index in [4.69, 9.17) is 5.10 Å². The maximum atomic E-state index is 14.0. The van der Waals surface area contributed by atoms with Crippen LogP contribution in [0, 0.1) is 11.7 Å². The van der Waals surface area contributed by atoms with Gasteiger partial charge in [0.1, 0.15) is 0 Å². The molecule has 0 saturated heterocycles. The van der Waals surface area contributed by atoms with Crippen LogP contribution >= 0.6 is 0 Å². The molecule has 6 nitrogen and oxygen atoms in total. The molecule has 2 heterocycles. The maximum Gasteiger partial charge on any atom is 0.277 e. The van der Waals surface area contributed by atoms with E-state index >= 15 is 0 Å². The van der Waals surface area contributed by atoms with E-state index in [1.54, 1.807) is 26.0 Å². The molecule has 2 aromatic heterocycles. The number of hydrogen-bond donors (Lipinski definition) is 2. The molecule has 4 rings (SSSR count). The van der Waals surface area contributed by atoms with Crippen LogP contribution in [0.15, 0.2) is 36.7 Å². The number of benzene rings is 1. The second-order valence-corrected chi connectivity index (χ2v) is 8.83. The summed E-state index contributed by atoms with van der Waals surface area (Å²) in [4.78, 5) is 16.5. The quantitative estimate of drug-likeness (QED) is 0.647. The van der Waals surface area contributed by atoms with Crippen molar-refractivity contribution >= 4 is 22.5 Å². The fourth-order valence-corrected chi connectivity index (χ4v) is 4.13. The molecule has 3 aromatic rings. The average Bonchev–Trinajstić information content (AvgIpc) is 3.10. The molecule has 158 valence electrons. The van der Waals surface area contributed by atoms with Crippen molar-refractivity contribution in [1.82, 2.24) is 14.8 Å². The van der Waals surface area contributed by atoms with Gasteiger partial charge in [-0.2, -0.15) is 5.10 Å². The second kappa shape index (κ2) is 7.80. The third-order valence-electron chi connectivity index (χ3n) is 5.90. The number of aliphatic hydroxyl groups is 1. The highest BCUT2D eigenvalue weighted by Gasteiger charge is 2.25. The minimum absolute atomic E-state index is 0.286. The lowest BCUT2D eigenvalue weighted by Gasteiger charge is -2.26. The molecule has 1 fully saturated rings. The number of rotatable bonds is 4. The van der Waals surface area contributed by atoms with Crippen molar-refractivity contribution in [1.29, 1.82) is 0 Å². The van der Waals surface area contributed by atoms with Crippen LogP contribution in [0.3, 0.4) is 0 Å². The summed E-state index contributed by atoms with van der Waals surface area (Å²) in [7, 11) is 0. The molecule has 1 aromatic carbocycles. The summed E-state index contributed by atoms with van der Waals surface area (Å²) in [5, 5.41) is 19.0. The van der Waals surface area contributed by atoms with Crippen LogP contribution in [-0.4, -0.2) is 25.8 Å². The number of halogens is 1. The number of aromatic nitrogens is 3. The van der Waals surface area contributed by atoms with Gasteiger partial charge in [0.15, 0.2) is 11.5 Å². The molecule has 0 radical (unpaired) electrons.